The summed E-state index contributed by atoms with van der Waals surface area (Å²) in [5.41, 5.74) is 3.21. The lowest BCUT2D eigenvalue weighted by Crippen LogP contribution is -2.60. The maximum atomic E-state index is 14.2. The van der Waals surface area contributed by atoms with Gasteiger partial charge in [-0.3, -0.25) is 14.4 Å². The van der Waals surface area contributed by atoms with Crippen LogP contribution in [-0.4, -0.2) is 56.5 Å². The molecule has 37 heavy (non-hydrogen) atoms. The first kappa shape index (κ1) is 31.7. The number of rotatable bonds is 10. The molecule has 0 radical (unpaired) electrons. The molecule has 0 bridgehead atoms. The molecule has 0 aliphatic rings. The summed E-state index contributed by atoms with van der Waals surface area (Å²) in [6, 6.07) is 3.85. The van der Waals surface area contributed by atoms with Gasteiger partial charge in [0, 0.05) is 23.1 Å². The summed E-state index contributed by atoms with van der Waals surface area (Å²) in [5, 5.41) is 16.2. The van der Waals surface area contributed by atoms with Crippen molar-refractivity contribution >= 4 is 23.8 Å². The number of nitrogens with one attached hydrogen (secondary N) is 2. The van der Waals surface area contributed by atoms with Crippen LogP contribution in [0.5, 0.6) is 5.75 Å². The van der Waals surface area contributed by atoms with Crippen LogP contribution in [-0.2, 0) is 19.1 Å². The summed E-state index contributed by atoms with van der Waals surface area (Å²) in [5.74, 6) is -1.92. The molecule has 1 rings (SSSR count). The predicted octanol–water partition coefficient (Wildman–Crippen LogP) is 3.52. The van der Waals surface area contributed by atoms with Crippen molar-refractivity contribution in [1.82, 2.24) is 15.5 Å². The molecule has 0 spiro atoms. The molecule has 0 aromatic heterocycles. The third kappa shape index (κ3) is 9.93. The number of hydrogen-bond acceptors (Lipinski definition) is 6. The zero-order valence-corrected chi connectivity index (χ0v) is 23.6. The molecular weight excluding hydrogens is 476 g/mol. The second-order valence-electron chi connectivity index (χ2n) is 11.8. The zero-order valence-electron chi connectivity index (χ0n) is 23.6. The SMILES string of the molecule is CCC(C)(C)N(C(=O)C(CCC(N)=O)NC(=O)OC(C)(C)C)C(C(=O)NC(C)(C)C)c1ccccc1O. The van der Waals surface area contributed by atoms with Crippen molar-refractivity contribution in [1.29, 1.82) is 0 Å². The summed E-state index contributed by atoms with van der Waals surface area (Å²) in [6.45, 7) is 15.9. The van der Waals surface area contributed by atoms with E-state index in [-0.39, 0.29) is 24.2 Å². The van der Waals surface area contributed by atoms with Crippen molar-refractivity contribution < 1.29 is 29.0 Å². The summed E-state index contributed by atoms with van der Waals surface area (Å²) in [6.07, 6.45) is -0.677. The predicted molar refractivity (Wildman–Crippen MR) is 142 cm³/mol. The first-order valence-electron chi connectivity index (χ1n) is 12.5. The van der Waals surface area contributed by atoms with E-state index in [2.05, 4.69) is 10.6 Å². The average molecular weight is 521 g/mol. The van der Waals surface area contributed by atoms with Gasteiger partial charge in [0.15, 0.2) is 0 Å². The van der Waals surface area contributed by atoms with E-state index >= 15 is 0 Å². The number of carbonyl (C=O) groups excluding carboxylic acids is 4. The first-order chi connectivity index (χ1) is 16.8. The quantitative estimate of drug-likeness (QED) is 0.370. The van der Waals surface area contributed by atoms with Gasteiger partial charge in [-0.2, -0.15) is 0 Å². The summed E-state index contributed by atoms with van der Waals surface area (Å²) >= 11 is 0. The molecule has 1 aromatic carbocycles. The van der Waals surface area contributed by atoms with Gasteiger partial charge in [-0.05, 0) is 74.3 Å². The highest BCUT2D eigenvalue weighted by molar-refractivity contribution is 5.93. The lowest BCUT2D eigenvalue weighted by Gasteiger charge is -2.45. The summed E-state index contributed by atoms with van der Waals surface area (Å²) < 4.78 is 5.34. The third-order valence-corrected chi connectivity index (χ3v) is 5.66. The van der Waals surface area contributed by atoms with Crippen LogP contribution >= 0.6 is 0 Å². The fourth-order valence-electron chi connectivity index (χ4n) is 3.66. The van der Waals surface area contributed by atoms with E-state index < -0.39 is 52.6 Å². The lowest BCUT2D eigenvalue weighted by molar-refractivity contribution is -0.150. The topological polar surface area (TPSA) is 151 Å². The Morgan fingerprint density at radius 1 is 1.03 bits per heavy atom. The van der Waals surface area contributed by atoms with Crippen molar-refractivity contribution in [3.63, 3.8) is 0 Å². The van der Waals surface area contributed by atoms with E-state index in [0.717, 1.165) is 0 Å². The Bertz CT molecular complexity index is 978. The second kappa shape index (κ2) is 12.3. The van der Waals surface area contributed by atoms with Crippen LogP contribution in [0.2, 0.25) is 0 Å². The van der Waals surface area contributed by atoms with Gasteiger partial charge in [0.1, 0.15) is 23.4 Å². The van der Waals surface area contributed by atoms with Crippen molar-refractivity contribution in [2.45, 2.75) is 110 Å². The van der Waals surface area contributed by atoms with Gasteiger partial charge in [0.2, 0.25) is 17.7 Å². The Hall–Kier alpha value is -3.30. The van der Waals surface area contributed by atoms with Gasteiger partial charge in [-0.15, -0.1) is 0 Å². The second-order valence-corrected chi connectivity index (χ2v) is 11.8. The van der Waals surface area contributed by atoms with E-state index in [1.165, 1.54) is 11.0 Å². The van der Waals surface area contributed by atoms with Crippen LogP contribution in [0.1, 0.15) is 93.2 Å². The van der Waals surface area contributed by atoms with Gasteiger partial charge < -0.3 is 31.1 Å². The van der Waals surface area contributed by atoms with Crippen molar-refractivity contribution in [3.05, 3.63) is 29.8 Å². The third-order valence-electron chi connectivity index (χ3n) is 5.66. The van der Waals surface area contributed by atoms with Gasteiger partial charge in [0.25, 0.3) is 0 Å². The van der Waals surface area contributed by atoms with Crippen LogP contribution in [0.3, 0.4) is 0 Å². The molecule has 5 N–H and O–H groups in total. The number of aromatic hydroxyl groups is 1. The number of benzene rings is 1. The number of amides is 4. The fraction of sp³-hybridized carbons (Fsp3) is 0.630. The number of hydrogen-bond donors (Lipinski definition) is 4. The molecule has 0 saturated carbocycles. The van der Waals surface area contributed by atoms with Crippen molar-refractivity contribution in [3.8, 4) is 5.75 Å². The lowest BCUT2D eigenvalue weighted by atomic mass is 9.90. The minimum absolute atomic E-state index is 0.0991. The number of nitrogens with two attached hydrogens (primary N) is 1. The number of ether oxygens (including phenoxy) is 1. The summed E-state index contributed by atoms with van der Waals surface area (Å²) in [4.78, 5) is 53.5. The van der Waals surface area contributed by atoms with E-state index in [9.17, 15) is 24.3 Å². The molecule has 0 heterocycles. The smallest absolute Gasteiger partial charge is 0.408 e. The average Bonchev–Trinajstić information content (AvgIpc) is 2.72. The van der Waals surface area contributed by atoms with E-state index in [0.29, 0.717) is 6.42 Å². The molecule has 0 saturated heterocycles. The van der Waals surface area contributed by atoms with Crippen LogP contribution < -0.4 is 16.4 Å². The van der Waals surface area contributed by atoms with Gasteiger partial charge in [0.05, 0.1) is 0 Å². The number of phenols is 1. The van der Waals surface area contributed by atoms with Gasteiger partial charge in [-0.25, -0.2) is 4.79 Å². The molecule has 1 aromatic rings. The van der Waals surface area contributed by atoms with Crippen LogP contribution in [0, 0.1) is 0 Å². The van der Waals surface area contributed by atoms with E-state index in [4.69, 9.17) is 10.5 Å². The van der Waals surface area contributed by atoms with Gasteiger partial charge >= 0.3 is 6.09 Å². The van der Waals surface area contributed by atoms with Gasteiger partial charge in [-0.1, -0.05) is 25.1 Å². The highest BCUT2D eigenvalue weighted by Crippen LogP contribution is 2.36. The monoisotopic (exact) mass is 520 g/mol. The number of para-hydroxylation sites is 1. The van der Waals surface area contributed by atoms with E-state index in [1.54, 1.807) is 52.8 Å². The Labute approximate surface area is 220 Å². The Morgan fingerprint density at radius 2 is 1.59 bits per heavy atom. The molecule has 0 aliphatic heterocycles. The summed E-state index contributed by atoms with van der Waals surface area (Å²) in [7, 11) is 0. The normalized spacial score (nSPS) is 13.8. The molecule has 4 amide bonds. The molecule has 0 aliphatic carbocycles. The molecule has 2 atom stereocenters. The molecule has 0 fully saturated rings. The van der Waals surface area contributed by atoms with E-state index in [1.807, 2.05) is 27.7 Å². The van der Waals surface area contributed by atoms with Crippen LogP contribution in [0.15, 0.2) is 24.3 Å². The number of alkyl carbamates (subject to hydrolysis) is 1. The number of primary amides is 1. The highest BCUT2D eigenvalue weighted by Gasteiger charge is 2.44. The number of phenolic OH excluding ortho intramolecular Hbond substituents is 1. The maximum absolute atomic E-state index is 14.2. The maximum Gasteiger partial charge on any atom is 0.408 e. The minimum atomic E-state index is -1.24. The minimum Gasteiger partial charge on any atom is -0.508 e. The van der Waals surface area contributed by atoms with Crippen LogP contribution in [0.4, 0.5) is 4.79 Å². The molecule has 10 heteroatoms. The number of carbonyl (C=O) groups is 4. The largest absolute Gasteiger partial charge is 0.508 e. The zero-order chi connectivity index (χ0) is 28.8. The van der Waals surface area contributed by atoms with Crippen LogP contribution in [0.25, 0.3) is 0 Å². The Kier molecular flexibility index (Phi) is 10.5. The fourth-order valence-corrected chi connectivity index (χ4v) is 3.66. The Balaban J connectivity index is 3.71. The standard InChI is InChI=1S/C27H44N4O6/c1-10-27(8,9)31(21(22(34)30-25(2,3)4)17-13-11-12-14-19(17)32)23(35)18(15-16-20(28)33)29-24(36)37-26(5,6)7/h11-14,18,21,32H,10,15-16H2,1-9H3,(H2,28,33)(H,29,36)(H,30,34). The molecule has 10 nitrogen and oxygen atoms in total. The number of nitrogens with zero attached hydrogens (tertiary/aromatic N) is 1. The molecule has 2 unspecified atom stereocenters. The molecular formula is C27H44N4O6. The Morgan fingerprint density at radius 3 is 2.05 bits per heavy atom. The highest BCUT2D eigenvalue weighted by atomic mass is 16.6. The first-order valence-corrected chi connectivity index (χ1v) is 12.5. The van der Waals surface area contributed by atoms with Crippen molar-refractivity contribution in [2.24, 2.45) is 5.73 Å². The van der Waals surface area contributed by atoms with Crippen molar-refractivity contribution in [2.75, 3.05) is 0 Å². The molecule has 208 valence electrons.